The molecule has 4 rings (SSSR count). The maximum Gasteiger partial charge on any atom is 0.350 e. The highest BCUT2D eigenvalue weighted by molar-refractivity contribution is 6.04. The summed E-state index contributed by atoms with van der Waals surface area (Å²) >= 11 is 0. The third-order valence-corrected chi connectivity index (χ3v) is 4.76. The number of nitrogens with zero attached hydrogens (tertiary/aromatic N) is 2. The summed E-state index contributed by atoms with van der Waals surface area (Å²) in [5, 5.41) is 4.81. The molecule has 0 bridgehead atoms. The Hall–Kier alpha value is -3.61. The van der Waals surface area contributed by atoms with E-state index < -0.39 is 11.2 Å². The highest BCUT2D eigenvalue weighted by Gasteiger charge is 2.13. The van der Waals surface area contributed by atoms with Gasteiger partial charge in [-0.05, 0) is 35.2 Å². The van der Waals surface area contributed by atoms with E-state index in [-0.39, 0.29) is 5.52 Å². The molecule has 7 nitrogen and oxygen atoms in total. The molecule has 142 valence electrons. The van der Waals surface area contributed by atoms with E-state index in [1.165, 1.54) is 11.8 Å². The van der Waals surface area contributed by atoms with Crippen LogP contribution in [0.25, 0.3) is 21.9 Å². The summed E-state index contributed by atoms with van der Waals surface area (Å²) in [6.07, 6.45) is 1.50. The molecule has 2 N–H and O–H groups in total. The number of aromatic nitrogens is 3. The summed E-state index contributed by atoms with van der Waals surface area (Å²) in [4.78, 5) is 31.1. The predicted octanol–water partition coefficient (Wildman–Crippen LogP) is 3.19. The van der Waals surface area contributed by atoms with Gasteiger partial charge in [0.15, 0.2) is 0 Å². The second-order valence-corrected chi connectivity index (χ2v) is 6.90. The number of hydrogen-bond acceptors (Lipinski definition) is 4. The van der Waals surface area contributed by atoms with Crippen LogP contribution in [0, 0.1) is 0 Å². The minimum atomic E-state index is -0.601. The average molecular weight is 376 g/mol. The Kier molecular flexibility index (Phi) is 4.35. The molecular formula is C21H20N4O3. The van der Waals surface area contributed by atoms with Crippen molar-refractivity contribution in [3.8, 4) is 5.75 Å². The van der Waals surface area contributed by atoms with Gasteiger partial charge < -0.3 is 14.7 Å². The Labute approximate surface area is 160 Å². The molecule has 4 aromatic rings. The van der Waals surface area contributed by atoms with Crippen molar-refractivity contribution in [1.82, 2.24) is 14.6 Å². The fraction of sp³-hybridized carbons (Fsp3) is 0.190. The van der Waals surface area contributed by atoms with Gasteiger partial charge in [0.25, 0.3) is 0 Å². The molecule has 0 saturated heterocycles. The number of benzene rings is 2. The van der Waals surface area contributed by atoms with Gasteiger partial charge in [0.1, 0.15) is 11.3 Å². The quantitative estimate of drug-likeness (QED) is 0.536. The first-order valence-corrected chi connectivity index (χ1v) is 8.97. The maximum absolute atomic E-state index is 12.8. The van der Waals surface area contributed by atoms with Crippen LogP contribution in [0.3, 0.4) is 0 Å². The van der Waals surface area contributed by atoms with E-state index in [1.807, 2.05) is 24.3 Å². The van der Waals surface area contributed by atoms with Gasteiger partial charge in [0, 0.05) is 10.9 Å². The zero-order valence-electron chi connectivity index (χ0n) is 15.8. The van der Waals surface area contributed by atoms with Gasteiger partial charge in [-0.1, -0.05) is 38.1 Å². The monoisotopic (exact) mass is 376 g/mol. The Bertz CT molecular complexity index is 1310. The fourth-order valence-corrected chi connectivity index (χ4v) is 3.14. The van der Waals surface area contributed by atoms with Gasteiger partial charge in [-0.15, -0.1) is 4.68 Å². The molecule has 0 aliphatic rings. The smallest absolute Gasteiger partial charge is 0.350 e. The van der Waals surface area contributed by atoms with Crippen molar-refractivity contribution in [3.05, 3.63) is 74.4 Å². The van der Waals surface area contributed by atoms with Crippen molar-refractivity contribution in [3.63, 3.8) is 0 Å². The van der Waals surface area contributed by atoms with Crippen LogP contribution < -0.4 is 16.0 Å². The standard InChI is InChI=1S/C21H20N4O3/c1-12(2)14-6-4-13(5-7-14)11-22-25-20(26)19-18(24-21(25)27)16-10-15(28-3)8-9-17(16)23-19/h4-12,23H,1-3H3,(H,24,27). The van der Waals surface area contributed by atoms with E-state index >= 15 is 0 Å². The zero-order valence-corrected chi connectivity index (χ0v) is 15.8. The third kappa shape index (κ3) is 3.00. The van der Waals surface area contributed by atoms with Crippen LogP contribution in [0.2, 0.25) is 0 Å². The van der Waals surface area contributed by atoms with Crippen LogP contribution >= 0.6 is 0 Å². The topological polar surface area (TPSA) is 92.2 Å². The van der Waals surface area contributed by atoms with Gasteiger partial charge >= 0.3 is 11.2 Å². The molecule has 0 aliphatic heterocycles. The largest absolute Gasteiger partial charge is 0.497 e. The number of methoxy groups -OCH3 is 1. The highest BCUT2D eigenvalue weighted by atomic mass is 16.5. The first-order valence-electron chi connectivity index (χ1n) is 8.97. The molecule has 7 heteroatoms. The molecule has 2 heterocycles. The lowest BCUT2D eigenvalue weighted by Gasteiger charge is -2.04. The number of H-pyrrole nitrogens is 2. The second-order valence-electron chi connectivity index (χ2n) is 6.90. The van der Waals surface area contributed by atoms with Crippen molar-refractivity contribution in [2.24, 2.45) is 5.10 Å². The Morgan fingerprint density at radius 3 is 2.46 bits per heavy atom. The number of hydrogen-bond donors (Lipinski definition) is 2. The van der Waals surface area contributed by atoms with Gasteiger partial charge in [-0.25, -0.2) is 4.79 Å². The van der Waals surface area contributed by atoms with Crippen LogP contribution in [0.1, 0.15) is 30.9 Å². The third-order valence-electron chi connectivity index (χ3n) is 4.76. The number of nitrogens with one attached hydrogen (secondary N) is 2. The molecule has 0 atom stereocenters. The molecule has 0 radical (unpaired) electrons. The van der Waals surface area contributed by atoms with E-state index in [1.54, 1.807) is 25.3 Å². The lowest BCUT2D eigenvalue weighted by atomic mass is 10.0. The van der Waals surface area contributed by atoms with E-state index in [9.17, 15) is 9.59 Å². The Morgan fingerprint density at radius 2 is 1.79 bits per heavy atom. The minimum absolute atomic E-state index is 0.287. The van der Waals surface area contributed by atoms with Crippen molar-refractivity contribution in [2.75, 3.05) is 7.11 Å². The molecule has 0 fully saturated rings. The molecule has 0 amide bonds. The first-order chi connectivity index (χ1) is 13.5. The fourth-order valence-electron chi connectivity index (χ4n) is 3.14. The molecule has 2 aromatic heterocycles. The summed E-state index contributed by atoms with van der Waals surface area (Å²) in [7, 11) is 1.56. The predicted molar refractivity (Wildman–Crippen MR) is 111 cm³/mol. The SMILES string of the molecule is COc1ccc2[nH]c3c(=O)n(N=Cc4ccc(C(C)C)cc4)c(=O)[nH]c3c2c1. The van der Waals surface area contributed by atoms with Crippen molar-refractivity contribution >= 4 is 28.2 Å². The van der Waals surface area contributed by atoms with Crippen LogP contribution in [0.4, 0.5) is 0 Å². The zero-order chi connectivity index (χ0) is 19.8. The second kappa shape index (κ2) is 6.84. The van der Waals surface area contributed by atoms with E-state index in [0.29, 0.717) is 22.6 Å². The lowest BCUT2D eigenvalue weighted by Crippen LogP contribution is -2.32. The molecule has 2 aromatic carbocycles. The maximum atomic E-state index is 12.8. The number of fused-ring (bicyclic) bond motifs is 3. The van der Waals surface area contributed by atoms with Crippen LogP contribution in [0.15, 0.2) is 57.2 Å². The molecule has 0 unspecified atom stereocenters. The van der Waals surface area contributed by atoms with E-state index in [0.717, 1.165) is 15.8 Å². The summed E-state index contributed by atoms with van der Waals surface area (Å²) in [5.74, 6) is 1.07. The normalized spacial score (nSPS) is 11.9. The lowest BCUT2D eigenvalue weighted by molar-refractivity contribution is 0.415. The first kappa shape index (κ1) is 17.8. The molecule has 0 spiro atoms. The van der Waals surface area contributed by atoms with Gasteiger partial charge in [0.05, 0.1) is 18.8 Å². The summed E-state index contributed by atoms with van der Waals surface area (Å²) in [6.45, 7) is 4.24. The molecule has 0 saturated carbocycles. The van der Waals surface area contributed by atoms with E-state index in [2.05, 4.69) is 28.9 Å². The average Bonchev–Trinajstić information content (AvgIpc) is 3.06. The summed E-state index contributed by atoms with van der Waals surface area (Å²) in [6, 6.07) is 13.2. The van der Waals surface area contributed by atoms with Gasteiger partial charge in [0.2, 0.25) is 0 Å². The molecule has 28 heavy (non-hydrogen) atoms. The van der Waals surface area contributed by atoms with Gasteiger partial charge in [-0.3, -0.25) is 4.79 Å². The molecule has 0 aliphatic carbocycles. The Morgan fingerprint density at radius 1 is 1.04 bits per heavy atom. The number of rotatable bonds is 4. The number of ether oxygens (including phenoxy) is 1. The van der Waals surface area contributed by atoms with Gasteiger partial charge in [-0.2, -0.15) is 5.10 Å². The van der Waals surface area contributed by atoms with Crippen molar-refractivity contribution in [2.45, 2.75) is 19.8 Å². The minimum Gasteiger partial charge on any atom is -0.497 e. The van der Waals surface area contributed by atoms with Crippen LogP contribution in [0.5, 0.6) is 5.75 Å². The van der Waals surface area contributed by atoms with Crippen molar-refractivity contribution in [1.29, 1.82) is 0 Å². The summed E-state index contributed by atoms with van der Waals surface area (Å²) in [5.41, 5.74) is 2.36. The summed E-state index contributed by atoms with van der Waals surface area (Å²) < 4.78 is 6.05. The van der Waals surface area contributed by atoms with Crippen molar-refractivity contribution < 1.29 is 4.74 Å². The molecular weight excluding hydrogens is 356 g/mol. The number of aromatic amines is 2. The van der Waals surface area contributed by atoms with Crippen LogP contribution in [-0.4, -0.2) is 28.0 Å². The van der Waals surface area contributed by atoms with E-state index in [4.69, 9.17) is 4.74 Å². The van der Waals surface area contributed by atoms with Crippen LogP contribution in [-0.2, 0) is 0 Å². The Balaban J connectivity index is 1.80. The highest BCUT2D eigenvalue weighted by Crippen LogP contribution is 2.25.